The number of rotatable bonds is 3. The lowest BCUT2D eigenvalue weighted by Crippen LogP contribution is -2.35. The third-order valence-electron chi connectivity index (χ3n) is 3.64. The average Bonchev–Trinajstić information content (AvgIpc) is 2.72. The second-order valence-electron chi connectivity index (χ2n) is 4.81. The van der Waals surface area contributed by atoms with Crippen LogP contribution >= 0.6 is 0 Å². The molecule has 0 atom stereocenters. The number of likely N-dealkylation sites (N-methyl/N-ethyl adjacent to an activating group) is 1. The predicted octanol–water partition coefficient (Wildman–Crippen LogP) is 1.86. The molecule has 1 fully saturated rings. The number of nitrogens with zero attached hydrogens (tertiary/aromatic N) is 2. The van der Waals surface area contributed by atoms with E-state index in [-0.39, 0.29) is 5.91 Å². The molecule has 1 aliphatic rings. The third-order valence-corrected chi connectivity index (χ3v) is 3.64. The second kappa shape index (κ2) is 6.57. The molecular formula is C15H22N2O2. The Morgan fingerprint density at radius 1 is 1.26 bits per heavy atom. The van der Waals surface area contributed by atoms with E-state index in [1.54, 1.807) is 7.11 Å². The van der Waals surface area contributed by atoms with E-state index in [9.17, 15) is 4.79 Å². The first-order chi connectivity index (χ1) is 9.24. The van der Waals surface area contributed by atoms with Gasteiger partial charge in [0.05, 0.1) is 7.11 Å². The third kappa shape index (κ3) is 3.47. The molecule has 0 aromatic heterocycles. The highest BCUT2D eigenvalue weighted by Gasteiger charge is 2.19. The summed E-state index contributed by atoms with van der Waals surface area (Å²) < 4.78 is 5.17. The highest BCUT2D eigenvalue weighted by molar-refractivity contribution is 5.94. The van der Waals surface area contributed by atoms with Gasteiger partial charge < -0.3 is 14.5 Å². The zero-order valence-corrected chi connectivity index (χ0v) is 11.8. The van der Waals surface area contributed by atoms with Crippen molar-refractivity contribution in [3.05, 3.63) is 29.8 Å². The molecule has 4 nitrogen and oxygen atoms in total. The van der Waals surface area contributed by atoms with Crippen LogP contribution in [-0.4, -0.2) is 55.5 Å². The molecule has 4 heteroatoms. The van der Waals surface area contributed by atoms with Crippen LogP contribution in [0, 0.1) is 0 Å². The molecule has 0 aliphatic carbocycles. The van der Waals surface area contributed by atoms with E-state index in [2.05, 4.69) is 11.8 Å². The molecular weight excluding hydrogens is 240 g/mol. The quantitative estimate of drug-likeness (QED) is 0.833. The maximum atomic E-state index is 12.5. The first-order valence-electron chi connectivity index (χ1n) is 6.90. The van der Waals surface area contributed by atoms with Gasteiger partial charge in [0.25, 0.3) is 5.91 Å². The van der Waals surface area contributed by atoms with Crippen LogP contribution in [0.1, 0.15) is 23.7 Å². The Balaban J connectivity index is 2.06. The minimum absolute atomic E-state index is 0.108. The largest absolute Gasteiger partial charge is 0.497 e. The molecule has 19 heavy (non-hydrogen) atoms. The monoisotopic (exact) mass is 262 g/mol. The van der Waals surface area contributed by atoms with Crippen LogP contribution < -0.4 is 4.74 Å². The molecule has 0 unspecified atom stereocenters. The van der Waals surface area contributed by atoms with Crippen LogP contribution in [0.5, 0.6) is 5.75 Å². The summed E-state index contributed by atoms with van der Waals surface area (Å²) in [5.74, 6) is 0.840. The molecule has 1 amide bonds. The van der Waals surface area contributed by atoms with Crippen molar-refractivity contribution in [1.29, 1.82) is 0 Å². The Labute approximate surface area is 115 Å². The van der Waals surface area contributed by atoms with Crippen LogP contribution in [0.25, 0.3) is 0 Å². The molecule has 0 bridgehead atoms. The summed E-state index contributed by atoms with van der Waals surface area (Å²) in [7, 11) is 1.62. The van der Waals surface area contributed by atoms with Crippen molar-refractivity contribution in [3.63, 3.8) is 0 Å². The van der Waals surface area contributed by atoms with Gasteiger partial charge in [-0.3, -0.25) is 4.79 Å². The van der Waals surface area contributed by atoms with Crippen molar-refractivity contribution in [2.45, 2.75) is 13.3 Å². The van der Waals surface area contributed by atoms with E-state index in [0.29, 0.717) is 5.56 Å². The van der Waals surface area contributed by atoms with Crippen molar-refractivity contribution >= 4 is 5.91 Å². The number of carbonyl (C=O) groups excluding carboxylic acids is 1. The first-order valence-corrected chi connectivity index (χ1v) is 6.90. The SMILES string of the molecule is CCN1CCCN(C(=O)c2cccc(OC)c2)CC1. The second-order valence-corrected chi connectivity index (χ2v) is 4.81. The molecule has 1 aromatic rings. The number of carbonyl (C=O) groups is 1. The number of ether oxygens (including phenoxy) is 1. The van der Waals surface area contributed by atoms with E-state index >= 15 is 0 Å². The molecule has 0 N–H and O–H groups in total. The van der Waals surface area contributed by atoms with Gasteiger partial charge in [-0.15, -0.1) is 0 Å². The lowest BCUT2D eigenvalue weighted by molar-refractivity contribution is 0.0761. The van der Waals surface area contributed by atoms with E-state index in [1.165, 1.54) is 0 Å². The normalized spacial score (nSPS) is 17.1. The van der Waals surface area contributed by atoms with Crippen LogP contribution in [-0.2, 0) is 0 Å². The van der Waals surface area contributed by atoms with E-state index in [1.807, 2.05) is 29.2 Å². The molecule has 1 saturated heterocycles. The molecule has 0 saturated carbocycles. The minimum atomic E-state index is 0.108. The average molecular weight is 262 g/mol. The van der Waals surface area contributed by atoms with Crippen molar-refractivity contribution in [2.24, 2.45) is 0 Å². The van der Waals surface area contributed by atoms with Crippen LogP contribution in [0.2, 0.25) is 0 Å². The van der Waals surface area contributed by atoms with Gasteiger partial charge in [0.1, 0.15) is 5.75 Å². The number of hydrogen-bond donors (Lipinski definition) is 0. The van der Waals surface area contributed by atoms with Crippen molar-refractivity contribution < 1.29 is 9.53 Å². The summed E-state index contributed by atoms with van der Waals surface area (Å²) in [4.78, 5) is 16.8. The van der Waals surface area contributed by atoms with E-state index in [0.717, 1.165) is 44.9 Å². The number of hydrogen-bond acceptors (Lipinski definition) is 3. The summed E-state index contributed by atoms with van der Waals surface area (Å²) in [5, 5.41) is 0. The van der Waals surface area contributed by atoms with Crippen LogP contribution in [0.15, 0.2) is 24.3 Å². The molecule has 1 aromatic carbocycles. The Morgan fingerprint density at radius 3 is 2.84 bits per heavy atom. The van der Waals surface area contributed by atoms with Gasteiger partial charge >= 0.3 is 0 Å². The van der Waals surface area contributed by atoms with Crippen molar-refractivity contribution in [2.75, 3.05) is 39.8 Å². The number of methoxy groups -OCH3 is 1. The fraction of sp³-hybridized carbons (Fsp3) is 0.533. The topological polar surface area (TPSA) is 32.8 Å². The van der Waals surface area contributed by atoms with E-state index < -0.39 is 0 Å². The molecule has 1 aliphatic heterocycles. The summed E-state index contributed by atoms with van der Waals surface area (Å²) in [6.07, 6.45) is 1.05. The van der Waals surface area contributed by atoms with Gasteiger partial charge in [0.15, 0.2) is 0 Å². The van der Waals surface area contributed by atoms with Crippen LogP contribution in [0.4, 0.5) is 0 Å². The van der Waals surface area contributed by atoms with Gasteiger partial charge in [-0.1, -0.05) is 13.0 Å². The van der Waals surface area contributed by atoms with Gasteiger partial charge in [-0.2, -0.15) is 0 Å². The van der Waals surface area contributed by atoms with Gasteiger partial charge in [-0.25, -0.2) is 0 Å². The smallest absolute Gasteiger partial charge is 0.254 e. The van der Waals surface area contributed by atoms with Crippen molar-refractivity contribution in [3.8, 4) is 5.75 Å². The number of benzene rings is 1. The van der Waals surface area contributed by atoms with Gasteiger partial charge in [-0.05, 0) is 37.7 Å². The highest BCUT2D eigenvalue weighted by Crippen LogP contribution is 2.15. The lowest BCUT2D eigenvalue weighted by atomic mass is 10.2. The minimum Gasteiger partial charge on any atom is -0.497 e. The zero-order valence-electron chi connectivity index (χ0n) is 11.8. The Bertz CT molecular complexity index is 434. The molecule has 104 valence electrons. The van der Waals surface area contributed by atoms with Gasteiger partial charge in [0, 0.05) is 25.2 Å². The lowest BCUT2D eigenvalue weighted by Gasteiger charge is -2.21. The number of amides is 1. The summed E-state index contributed by atoms with van der Waals surface area (Å²) >= 11 is 0. The Hall–Kier alpha value is -1.55. The molecule has 0 radical (unpaired) electrons. The van der Waals surface area contributed by atoms with Crippen molar-refractivity contribution in [1.82, 2.24) is 9.80 Å². The maximum Gasteiger partial charge on any atom is 0.254 e. The summed E-state index contributed by atoms with van der Waals surface area (Å²) in [6.45, 7) is 6.92. The summed E-state index contributed by atoms with van der Waals surface area (Å²) in [5.41, 5.74) is 0.712. The van der Waals surface area contributed by atoms with Gasteiger partial charge in [0.2, 0.25) is 0 Å². The highest BCUT2D eigenvalue weighted by atomic mass is 16.5. The van der Waals surface area contributed by atoms with Crippen LogP contribution in [0.3, 0.4) is 0 Å². The fourth-order valence-corrected chi connectivity index (χ4v) is 2.43. The summed E-state index contributed by atoms with van der Waals surface area (Å²) in [6, 6.07) is 7.39. The Morgan fingerprint density at radius 2 is 2.11 bits per heavy atom. The first kappa shape index (κ1) is 13.9. The fourth-order valence-electron chi connectivity index (χ4n) is 2.43. The Kier molecular flexibility index (Phi) is 4.80. The predicted molar refractivity (Wildman–Crippen MR) is 75.6 cm³/mol. The zero-order chi connectivity index (χ0) is 13.7. The molecule has 2 rings (SSSR count). The molecule has 0 spiro atoms. The standard InChI is InChI=1S/C15H22N2O2/c1-3-16-8-5-9-17(11-10-16)15(18)13-6-4-7-14(12-13)19-2/h4,6-7,12H,3,5,8-11H2,1-2H3. The molecule has 1 heterocycles. The van der Waals surface area contributed by atoms with E-state index in [4.69, 9.17) is 4.74 Å². The maximum absolute atomic E-state index is 12.5.